The second-order valence-electron chi connectivity index (χ2n) is 4.82. The molecule has 0 spiro atoms. The van der Waals surface area contributed by atoms with Gasteiger partial charge >= 0.3 is 6.18 Å². The zero-order chi connectivity index (χ0) is 17.6. The fourth-order valence-electron chi connectivity index (χ4n) is 1.89. The minimum atomic E-state index is -4.43. The molecule has 0 saturated heterocycles. The third kappa shape index (κ3) is 4.74. The Kier molecular flexibility index (Phi) is 5.42. The highest BCUT2D eigenvalue weighted by Crippen LogP contribution is 2.31. The molecular formula is C17H13F3N2O2. The average Bonchev–Trinajstić information content (AvgIpc) is 2.58. The normalized spacial score (nSPS) is 10.8. The molecular weight excluding hydrogens is 321 g/mol. The van der Waals surface area contributed by atoms with Crippen LogP contribution in [-0.4, -0.2) is 19.1 Å². The van der Waals surface area contributed by atoms with Gasteiger partial charge in [0.2, 0.25) is 0 Å². The van der Waals surface area contributed by atoms with Crippen molar-refractivity contribution < 1.29 is 22.7 Å². The molecule has 0 aromatic heterocycles. The van der Waals surface area contributed by atoms with Crippen LogP contribution in [0.1, 0.15) is 21.5 Å². The second-order valence-corrected chi connectivity index (χ2v) is 4.82. The highest BCUT2D eigenvalue weighted by Gasteiger charge is 2.30. The zero-order valence-corrected chi connectivity index (χ0v) is 12.4. The number of carbonyl (C=O) groups is 1. The smallest absolute Gasteiger partial charge is 0.416 e. The van der Waals surface area contributed by atoms with Gasteiger partial charge in [0.1, 0.15) is 12.4 Å². The van der Waals surface area contributed by atoms with Crippen molar-refractivity contribution >= 4 is 5.91 Å². The van der Waals surface area contributed by atoms with Gasteiger partial charge in [0.15, 0.2) is 0 Å². The third-order valence-corrected chi connectivity index (χ3v) is 3.09. The van der Waals surface area contributed by atoms with Gasteiger partial charge in [-0.05, 0) is 42.5 Å². The highest BCUT2D eigenvalue weighted by atomic mass is 19.4. The number of ether oxygens (including phenoxy) is 1. The van der Waals surface area contributed by atoms with Crippen LogP contribution in [0.25, 0.3) is 0 Å². The van der Waals surface area contributed by atoms with E-state index in [0.717, 1.165) is 12.1 Å². The number of hydrogen-bond acceptors (Lipinski definition) is 3. The molecule has 0 heterocycles. The molecule has 0 atom stereocenters. The summed E-state index contributed by atoms with van der Waals surface area (Å²) in [5, 5.41) is 11.3. The maximum absolute atomic E-state index is 12.6. The first kappa shape index (κ1) is 17.3. The summed E-state index contributed by atoms with van der Waals surface area (Å²) in [6.07, 6.45) is -4.43. The Bertz CT molecular complexity index is 750. The quantitative estimate of drug-likeness (QED) is 0.853. The predicted molar refractivity (Wildman–Crippen MR) is 80.4 cm³/mol. The first-order valence-corrected chi connectivity index (χ1v) is 6.98. The van der Waals surface area contributed by atoms with Gasteiger partial charge in [0, 0.05) is 5.56 Å². The van der Waals surface area contributed by atoms with Gasteiger partial charge in [-0.2, -0.15) is 18.4 Å². The SMILES string of the molecule is N#Cc1ccc(C(=O)NCCOc2cccc(C(F)(F)F)c2)cc1. The van der Waals surface area contributed by atoms with Gasteiger partial charge in [-0.1, -0.05) is 6.07 Å². The van der Waals surface area contributed by atoms with E-state index in [1.54, 1.807) is 0 Å². The van der Waals surface area contributed by atoms with Crippen LogP contribution in [0.4, 0.5) is 13.2 Å². The van der Waals surface area contributed by atoms with E-state index in [4.69, 9.17) is 10.00 Å². The molecule has 0 unspecified atom stereocenters. The molecule has 0 aliphatic heterocycles. The molecule has 4 nitrogen and oxygen atoms in total. The van der Waals surface area contributed by atoms with E-state index in [1.165, 1.54) is 36.4 Å². The van der Waals surface area contributed by atoms with E-state index in [2.05, 4.69) is 5.32 Å². The molecule has 1 N–H and O–H groups in total. The molecule has 0 saturated carbocycles. The molecule has 0 aliphatic carbocycles. The minimum absolute atomic E-state index is 0.0311. The monoisotopic (exact) mass is 334 g/mol. The number of carbonyl (C=O) groups excluding carboxylic acids is 1. The van der Waals surface area contributed by atoms with Crippen LogP contribution in [0, 0.1) is 11.3 Å². The van der Waals surface area contributed by atoms with Crippen LogP contribution >= 0.6 is 0 Å². The summed E-state index contributed by atoms with van der Waals surface area (Å²) in [7, 11) is 0. The lowest BCUT2D eigenvalue weighted by molar-refractivity contribution is -0.137. The summed E-state index contributed by atoms with van der Waals surface area (Å²) in [5.74, 6) is -0.274. The van der Waals surface area contributed by atoms with Crippen molar-refractivity contribution in [2.45, 2.75) is 6.18 Å². The van der Waals surface area contributed by atoms with E-state index in [-0.39, 0.29) is 24.8 Å². The lowest BCUT2D eigenvalue weighted by atomic mass is 10.1. The molecule has 0 radical (unpaired) electrons. The number of hydrogen-bond donors (Lipinski definition) is 1. The summed E-state index contributed by atoms with van der Waals surface area (Å²) in [5.41, 5.74) is 0.0362. The van der Waals surface area contributed by atoms with Crippen LogP contribution in [0.3, 0.4) is 0 Å². The number of alkyl halides is 3. The first-order valence-electron chi connectivity index (χ1n) is 6.98. The molecule has 2 aromatic rings. The molecule has 124 valence electrons. The topological polar surface area (TPSA) is 62.1 Å². The van der Waals surface area contributed by atoms with E-state index in [1.807, 2.05) is 6.07 Å². The Morgan fingerprint density at radius 2 is 1.88 bits per heavy atom. The number of nitrogens with zero attached hydrogens (tertiary/aromatic N) is 1. The molecule has 7 heteroatoms. The maximum atomic E-state index is 12.6. The molecule has 2 aromatic carbocycles. The lowest BCUT2D eigenvalue weighted by Crippen LogP contribution is -2.28. The first-order chi connectivity index (χ1) is 11.4. The summed E-state index contributed by atoms with van der Waals surface area (Å²) in [6, 6.07) is 12.6. The number of nitrogens with one attached hydrogen (secondary N) is 1. The molecule has 0 fully saturated rings. The standard InChI is InChI=1S/C17H13F3N2O2/c18-17(19,20)14-2-1-3-15(10-14)24-9-8-22-16(23)13-6-4-12(11-21)5-7-13/h1-7,10H,8-9H2,(H,22,23). The van der Waals surface area contributed by atoms with Crippen LogP contribution < -0.4 is 10.1 Å². The van der Waals surface area contributed by atoms with Crippen molar-refractivity contribution in [3.05, 3.63) is 65.2 Å². The lowest BCUT2D eigenvalue weighted by Gasteiger charge is -2.10. The van der Waals surface area contributed by atoms with Crippen molar-refractivity contribution in [3.8, 4) is 11.8 Å². The summed E-state index contributed by atoms with van der Waals surface area (Å²) in [4.78, 5) is 11.8. The third-order valence-electron chi connectivity index (χ3n) is 3.09. The largest absolute Gasteiger partial charge is 0.492 e. The van der Waals surface area contributed by atoms with E-state index in [0.29, 0.717) is 11.1 Å². The Labute approximate surface area is 136 Å². The van der Waals surface area contributed by atoms with Crippen molar-refractivity contribution in [1.29, 1.82) is 5.26 Å². The summed E-state index contributed by atoms with van der Waals surface area (Å²) < 4.78 is 42.9. The maximum Gasteiger partial charge on any atom is 0.416 e. The Balaban J connectivity index is 1.82. The number of nitriles is 1. The van der Waals surface area contributed by atoms with Gasteiger partial charge in [-0.25, -0.2) is 0 Å². The summed E-state index contributed by atoms with van der Waals surface area (Å²) in [6.45, 7) is 0.165. The number of amides is 1. The van der Waals surface area contributed by atoms with Crippen LogP contribution in [0.5, 0.6) is 5.75 Å². The van der Waals surface area contributed by atoms with Crippen molar-refractivity contribution in [1.82, 2.24) is 5.32 Å². The Hall–Kier alpha value is -3.01. The van der Waals surface area contributed by atoms with Crippen molar-refractivity contribution in [2.75, 3.05) is 13.2 Å². The zero-order valence-electron chi connectivity index (χ0n) is 12.4. The molecule has 2 rings (SSSR count). The van der Waals surface area contributed by atoms with Crippen LogP contribution in [0.15, 0.2) is 48.5 Å². The van der Waals surface area contributed by atoms with Crippen molar-refractivity contribution in [3.63, 3.8) is 0 Å². The van der Waals surface area contributed by atoms with Gasteiger partial charge in [0.05, 0.1) is 23.7 Å². The second kappa shape index (κ2) is 7.51. The highest BCUT2D eigenvalue weighted by molar-refractivity contribution is 5.94. The van der Waals surface area contributed by atoms with Gasteiger partial charge < -0.3 is 10.1 Å². The van der Waals surface area contributed by atoms with Crippen LogP contribution in [-0.2, 0) is 6.18 Å². The Morgan fingerprint density at radius 3 is 2.50 bits per heavy atom. The van der Waals surface area contributed by atoms with E-state index >= 15 is 0 Å². The molecule has 0 bridgehead atoms. The summed E-state index contributed by atoms with van der Waals surface area (Å²) >= 11 is 0. The number of rotatable bonds is 5. The van der Waals surface area contributed by atoms with Gasteiger partial charge in [-0.15, -0.1) is 0 Å². The average molecular weight is 334 g/mol. The molecule has 0 aliphatic rings. The minimum Gasteiger partial charge on any atom is -0.492 e. The van der Waals surface area contributed by atoms with Crippen molar-refractivity contribution in [2.24, 2.45) is 0 Å². The fourth-order valence-corrected chi connectivity index (χ4v) is 1.89. The number of benzene rings is 2. The Morgan fingerprint density at radius 1 is 1.17 bits per heavy atom. The molecule has 1 amide bonds. The fraction of sp³-hybridized carbons (Fsp3) is 0.176. The number of halogens is 3. The van der Waals surface area contributed by atoms with E-state index in [9.17, 15) is 18.0 Å². The van der Waals surface area contributed by atoms with Gasteiger partial charge in [0.25, 0.3) is 5.91 Å². The van der Waals surface area contributed by atoms with Gasteiger partial charge in [-0.3, -0.25) is 4.79 Å². The van der Waals surface area contributed by atoms with E-state index < -0.39 is 11.7 Å². The van der Waals surface area contributed by atoms with Crippen LogP contribution in [0.2, 0.25) is 0 Å². The predicted octanol–water partition coefficient (Wildman–Crippen LogP) is 3.39. The molecule has 24 heavy (non-hydrogen) atoms.